The van der Waals surface area contributed by atoms with Gasteiger partial charge in [-0.05, 0) is 92.7 Å². The number of carbonyl (C=O) groups is 1. The Morgan fingerprint density at radius 1 is 1.16 bits per heavy atom. The molecule has 0 unspecified atom stereocenters. The quantitative estimate of drug-likeness (QED) is 0.375. The van der Waals surface area contributed by atoms with Crippen LogP contribution in [0.1, 0.15) is 56.6 Å². The number of carbonyl (C=O) groups excluding carboxylic acids is 1. The lowest BCUT2D eigenvalue weighted by Gasteiger charge is -2.41. The Morgan fingerprint density at radius 2 is 1.89 bits per heavy atom. The Morgan fingerprint density at radius 3 is 2.54 bits per heavy atom. The minimum atomic E-state index is -0.236. The van der Waals surface area contributed by atoms with E-state index in [0.717, 1.165) is 33.9 Å². The molecule has 190 valence electrons. The first-order chi connectivity index (χ1) is 17.6. The SMILES string of the molecule is CC(=O)Nc1ccc(N2C(=S)N[C@H](c3ccccn3)[C@@H]2c2cc3c(cc2Cl)N(C)C(C)(C)C=C3C)cc1. The molecule has 37 heavy (non-hydrogen) atoms. The zero-order valence-corrected chi connectivity index (χ0v) is 23.1. The molecule has 2 aliphatic heterocycles. The van der Waals surface area contributed by atoms with Gasteiger partial charge in [-0.3, -0.25) is 9.78 Å². The highest BCUT2D eigenvalue weighted by molar-refractivity contribution is 7.80. The van der Waals surface area contributed by atoms with E-state index in [1.54, 1.807) is 6.20 Å². The van der Waals surface area contributed by atoms with Crippen molar-refractivity contribution in [3.05, 3.63) is 88.7 Å². The number of fused-ring (bicyclic) bond motifs is 1. The number of pyridine rings is 1. The van der Waals surface area contributed by atoms with Gasteiger partial charge < -0.3 is 20.4 Å². The van der Waals surface area contributed by atoms with Crippen LogP contribution in [0.3, 0.4) is 0 Å². The second-order valence-electron chi connectivity index (χ2n) is 10.2. The summed E-state index contributed by atoms with van der Waals surface area (Å²) in [5.74, 6) is -0.114. The fourth-order valence-corrected chi connectivity index (χ4v) is 5.89. The van der Waals surface area contributed by atoms with E-state index in [1.807, 2.05) is 42.5 Å². The van der Waals surface area contributed by atoms with Crippen molar-refractivity contribution in [3.8, 4) is 0 Å². The van der Waals surface area contributed by atoms with Crippen molar-refractivity contribution < 1.29 is 4.79 Å². The summed E-state index contributed by atoms with van der Waals surface area (Å²) in [6, 6.07) is 17.4. The average Bonchev–Trinajstić information content (AvgIpc) is 3.19. The molecule has 1 aromatic heterocycles. The maximum atomic E-state index is 11.5. The van der Waals surface area contributed by atoms with Crippen LogP contribution in [0.15, 0.2) is 66.9 Å². The lowest BCUT2D eigenvalue weighted by molar-refractivity contribution is -0.114. The predicted octanol–water partition coefficient (Wildman–Crippen LogP) is 6.50. The third-order valence-corrected chi connectivity index (χ3v) is 7.86. The highest BCUT2D eigenvalue weighted by Crippen LogP contribution is 2.47. The summed E-state index contributed by atoms with van der Waals surface area (Å²) in [6.07, 6.45) is 4.08. The van der Waals surface area contributed by atoms with Crippen LogP contribution in [-0.4, -0.2) is 28.6 Å². The van der Waals surface area contributed by atoms with Gasteiger partial charge in [0.25, 0.3) is 0 Å². The molecule has 0 saturated carbocycles. The van der Waals surface area contributed by atoms with Crippen LogP contribution in [-0.2, 0) is 4.79 Å². The van der Waals surface area contributed by atoms with Crippen LogP contribution in [0.4, 0.5) is 17.1 Å². The molecular formula is C29H30ClN5OS. The zero-order chi connectivity index (χ0) is 26.5. The Kier molecular flexibility index (Phi) is 6.46. The van der Waals surface area contributed by atoms with Gasteiger partial charge in [0.2, 0.25) is 5.91 Å². The maximum Gasteiger partial charge on any atom is 0.221 e. The molecule has 0 spiro atoms. The number of aromatic nitrogens is 1. The number of halogens is 1. The lowest BCUT2D eigenvalue weighted by Crippen LogP contribution is -2.42. The Bertz CT molecular complexity index is 1400. The fraction of sp³-hybridized carbons (Fsp3) is 0.276. The number of benzene rings is 2. The van der Waals surface area contributed by atoms with Crippen molar-refractivity contribution >= 4 is 57.5 Å². The second kappa shape index (κ2) is 9.47. The third-order valence-electron chi connectivity index (χ3n) is 7.22. The average molecular weight is 532 g/mol. The molecule has 0 bridgehead atoms. The molecule has 0 aliphatic carbocycles. The molecule has 2 aliphatic rings. The van der Waals surface area contributed by atoms with Crippen molar-refractivity contribution in [2.75, 3.05) is 22.2 Å². The molecule has 2 aromatic carbocycles. The van der Waals surface area contributed by atoms with Gasteiger partial charge in [-0.2, -0.15) is 0 Å². The van der Waals surface area contributed by atoms with Gasteiger partial charge in [-0.1, -0.05) is 23.7 Å². The van der Waals surface area contributed by atoms with Gasteiger partial charge in [0.05, 0.1) is 23.3 Å². The normalized spacial score (nSPS) is 20.3. The topological polar surface area (TPSA) is 60.5 Å². The van der Waals surface area contributed by atoms with Crippen molar-refractivity contribution in [1.29, 1.82) is 0 Å². The minimum Gasteiger partial charge on any atom is -0.365 e. The first-order valence-electron chi connectivity index (χ1n) is 12.2. The van der Waals surface area contributed by atoms with E-state index in [4.69, 9.17) is 23.8 Å². The summed E-state index contributed by atoms with van der Waals surface area (Å²) in [7, 11) is 2.10. The summed E-state index contributed by atoms with van der Waals surface area (Å²) in [5, 5.41) is 7.58. The largest absolute Gasteiger partial charge is 0.365 e. The lowest BCUT2D eigenvalue weighted by atomic mass is 9.86. The number of rotatable bonds is 4. The van der Waals surface area contributed by atoms with E-state index in [1.165, 1.54) is 12.5 Å². The number of nitrogens with one attached hydrogen (secondary N) is 2. The van der Waals surface area contributed by atoms with E-state index >= 15 is 0 Å². The molecule has 3 heterocycles. The second-order valence-corrected chi connectivity index (χ2v) is 10.9. The van der Waals surface area contributed by atoms with E-state index in [9.17, 15) is 4.79 Å². The molecule has 2 atom stereocenters. The summed E-state index contributed by atoms with van der Waals surface area (Å²) in [6.45, 7) is 8.04. The number of nitrogens with zero attached hydrogens (tertiary/aromatic N) is 3. The third kappa shape index (κ3) is 4.58. The molecule has 5 rings (SSSR count). The highest BCUT2D eigenvalue weighted by Gasteiger charge is 2.42. The van der Waals surface area contributed by atoms with Crippen molar-refractivity contribution in [1.82, 2.24) is 10.3 Å². The fourth-order valence-electron chi connectivity index (χ4n) is 5.27. The van der Waals surface area contributed by atoms with Gasteiger partial charge in [-0.15, -0.1) is 0 Å². The summed E-state index contributed by atoms with van der Waals surface area (Å²) in [5.41, 5.74) is 6.83. The molecule has 0 radical (unpaired) electrons. The molecule has 2 N–H and O–H groups in total. The standard InChI is InChI=1S/C29H30ClN5OS/c1-17-16-29(3,4)34(5)25-15-23(30)22(14-21(17)25)27-26(24-8-6-7-13-31-24)33-28(37)35(27)20-11-9-19(10-12-20)32-18(2)36/h6-16,26-27H,1-5H3,(H,32,36)(H,33,37)/t26-,27+/m1/s1. The number of hydrogen-bond acceptors (Lipinski definition) is 4. The van der Waals surface area contributed by atoms with E-state index in [-0.39, 0.29) is 23.5 Å². The van der Waals surface area contributed by atoms with Crippen molar-refractivity contribution in [2.45, 2.75) is 45.3 Å². The van der Waals surface area contributed by atoms with Crippen LogP contribution >= 0.6 is 23.8 Å². The monoisotopic (exact) mass is 531 g/mol. The summed E-state index contributed by atoms with van der Waals surface area (Å²) >= 11 is 12.9. The van der Waals surface area contributed by atoms with E-state index in [2.05, 4.69) is 71.4 Å². The van der Waals surface area contributed by atoms with Crippen LogP contribution in [0, 0.1) is 0 Å². The molecule has 8 heteroatoms. The Labute approximate surface area is 228 Å². The molecule has 6 nitrogen and oxygen atoms in total. The number of amides is 1. The maximum absolute atomic E-state index is 11.5. The van der Waals surface area contributed by atoms with Gasteiger partial charge in [0.1, 0.15) is 0 Å². The van der Waals surface area contributed by atoms with Gasteiger partial charge in [0.15, 0.2) is 5.11 Å². The van der Waals surface area contributed by atoms with Crippen LogP contribution in [0.5, 0.6) is 0 Å². The number of hydrogen-bond donors (Lipinski definition) is 2. The number of thiocarbonyl (C=S) groups is 1. The van der Waals surface area contributed by atoms with Crippen LogP contribution < -0.4 is 20.4 Å². The molecule has 3 aromatic rings. The minimum absolute atomic E-state index is 0.114. The Balaban J connectivity index is 1.65. The molecule has 1 fully saturated rings. The first kappa shape index (κ1) is 25.2. The van der Waals surface area contributed by atoms with Crippen LogP contribution in [0.2, 0.25) is 5.02 Å². The number of anilines is 3. The van der Waals surface area contributed by atoms with Crippen molar-refractivity contribution in [2.24, 2.45) is 0 Å². The van der Waals surface area contributed by atoms with E-state index < -0.39 is 0 Å². The molecule has 1 amide bonds. The molecule has 1 saturated heterocycles. The number of likely N-dealkylation sites (N-methyl/N-ethyl adjacent to an activating group) is 1. The highest BCUT2D eigenvalue weighted by atomic mass is 35.5. The predicted molar refractivity (Wildman–Crippen MR) is 156 cm³/mol. The van der Waals surface area contributed by atoms with Gasteiger partial charge in [-0.25, -0.2) is 0 Å². The molecular weight excluding hydrogens is 502 g/mol. The van der Waals surface area contributed by atoms with Crippen molar-refractivity contribution in [3.63, 3.8) is 0 Å². The summed E-state index contributed by atoms with van der Waals surface area (Å²) < 4.78 is 0. The number of allylic oxidation sites excluding steroid dienone is 1. The van der Waals surface area contributed by atoms with Gasteiger partial charge in [0, 0.05) is 47.8 Å². The Hall–Kier alpha value is -3.42. The zero-order valence-electron chi connectivity index (χ0n) is 21.5. The summed E-state index contributed by atoms with van der Waals surface area (Å²) in [4.78, 5) is 20.5. The van der Waals surface area contributed by atoms with E-state index in [0.29, 0.717) is 10.1 Å². The first-order valence-corrected chi connectivity index (χ1v) is 13.0. The van der Waals surface area contributed by atoms with Crippen LogP contribution in [0.25, 0.3) is 5.57 Å². The smallest absolute Gasteiger partial charge is 0.221 e. The van der Waals surface area contributed by atoms with Gasteiger partial charge >= 0.3 is 0 Å².